The van der Waals surface area contributed by atoms with Crippen LogP contribution in [0.5, 0.6) is 0 Å². The zero-order valence-electron chi connectivity index (χ0n) is 27.0. The second-order valence-electron chi connectivity index (χ2n) is 10.4. The molecule has 1 heterocycles. The molecule has 0 bridgehead atoms. The van der Waals surface area contributed by atoms with Crippen LogP contribution in [0, 0.1) is 6.67 Å². The fourth-order valence-electron chi connectivity index (χ4n) is 4.22. The lowest BCUT2D eigenvalue weighted by atomic mass is 10.1. The first-order chi connectivity index (χ1) is 20.9. The zero-order chi connectivity index (χ0) is 30.0. The average molecular weight is 604 g/mol. The van der Waals surface area contributed by atoms with Crippen molar-refractivity contribution in [3.63, 3.8) is 0 Å². The summed E-state index contributed by atoms with van der Waals surface area (Å²) in [4.78, 5) is 4.48. The molecule has 0 spiro atoms. The van der Waals surface area contributed by atoms with Crippen molar-refractivity contribution in [1.82, 2.24) is 9.80 Å². The van der Waals surface area contributed by atoms with E-state index in [1.165, 1.54) is 64.2 Å². The SMILES string of the molecule is CCCCCCCCCCCCN1[CH]N(CCOCCOCCOCCOCCOCCOCCOCCOC)C=C1. The minimum Gasteiger partial charge on any atom is -0.382 e. The quantitative estimate of drug-likeness (QED) is 0.0936. The molecule has 10 heteroatoms. The van der Waals surface area contributed by atoms with Crippen LogP contribution >= 0.6 is 0 Å². The van der Waals surface area contributed by atoms with Gasteiger partial charge < -0.3 is 47.7 Å². The molecule has 0 saturated carbocycles. The van der Waals surface area contributed by atoms with Crippen LogP contribution in [-0.4, -0.2) is 129 Å². The van der Waals surface area contributed by atoms with Gasteiger partial charge in [0.1, 0.15) is 6.67 Å². The van der Waals surface area contributed by atoms with Gasteiger partial charge in [0.25, 0.3) is 0 Å². The Balaban J connectivity index is 1.70. The number of hydrogen-bond acceptors (Lipinski definition) is 10. The molecule has 0 saturated heterocycles. The van der Waals surface area contributed by atoms with Gasteiger partial charge in [0.2, 0.25) is 0 Å². The molecule has 1 rings (SSSR count). The van der Waals surface area contributed by atoms with Gasteiger partial charge in [-0.3, -0.25) is 0 Å². The normalized spacial score (nSPS) is 13.2. The first-order valence-corrected chi connectivity index (χ1v) is 16.4. The minimum absolute atomic E-state index is 0.541. The predicted octanol–water partition coefficient (Wildman–Crippen LogP) is 4.88. The van der Waals surface area contributed by atoms with Gasteiger partial charge in [-0.1, -0.05) is 64.7 Å². The molecule has 1 radical (unpaired) electrons. The van der Waals surface area contributed by atoms with Gasteiger partial charge in [-0.25, -0.2) is 0 Å². The number of hydrogen-bond donors (Lipinski definition) is 0. The first kappa shape index (κ1) is 39.0. The van der Waals surface area contributed by atoms with Gasteiger partial charge in [0, 0.05) is 32.6 Å². The van der Waals surface area contributed by atoms with Gasteiger partial charge in [0.05, 0.1) is 99.1 Å². The molecular weight excluding hydrogens is 540 g/mol. The number of nitrogens with zero attached hydrogens (tertiary/aromatic N) is 2. The summed E-state index contributed by atoms with van der Waals surface area (Å²) >= 11 is 0. The third-order valence-corrected chi connectivity index (χ3v) is 6.67. The number of ether oxygens (including phenoxy) is 8. The van der Waals surface area contributed by atoms with Crippen molar-refractivity contribution in [3.8, 4) is 0 Å². The molecule has 0 aromatic rings. The lowest BCUT2D eigenvalue weighted by Gasteiger charge is -2.20. The molecule has 0 aromatic carbocycles. The van der Waals surface area contributed by atoms with Crippen molar-refractivity contribution in [1.29, 1.82) is 0 Å². The third-order valence-electron chi connectivity index (χ3n) is 6.67. The summed E-state index contributed by atoms with van der Waals surface area (Å²) in [5.74, 6) is 0. The molecule has 0 amide bonds. The highest BCUT2D eigenvalue weighted by Gasteiger charge is 2.12. The molecule has 249 valence electrons. The molecule has 1 aliphatic heterocycles. The van der Waals surface area contributed by atoms with Crippen molar-refractivity contribution < 1.29 is 37.9 Å². The standard InChI is InChI=1S/C32H63N2O8/c1-3-4-5-6-7-8-9-10-11-12-13-33-14-15-34(32-33)16-17-36-20-21-38-24-25-40-28-29-42-31-30-41-27-26-39-23-22-37-19-18-35-2/h14-15,32H,3-13,16-31H2,1-2H3. The molecule has 0 atom stereocenters. The molecule has 0 aliphatic carbocycles. The summed E-state index contributed by atoms with van der Waals surface area (Å²) in [5, 5.41) is 0. The monoisotopic (exact) mass is 603 g/mol. The summed E-state index contributed by atoms with van der Waals surface area (Å²) in [6, 6.07) is 0. The summed E-state index contributed by atoms with van der Waals surface area (Å²) in [6.45, 7) is 15.0. The largest absolute Gasteiger partial charge is 0.382 e. The second kappa shape index (κ2) is 32.9. The van der Waals surface area contributed by atoms with E-state index in [2.05, 4.69) is 35.8 Å². The van der Waals surface area contributed by atoms with Gasteiger partial charge in [-0.2, -0.15) is 0 Å². The van der Waals surface area contributed by atoms with Gasteiger partial charge in [-0.05, 0) is 6.42 Å². The van der Waals surface area contributed by atoms with E-state index in [0.717, 1.165) is 13.1 Å². The van der Waals surface area contributed by atoms with Crippen LogP contribution in [0.1, 0.15) is 71.1 Å². The number of rotatable bonds is 35. The van der Waals surface area contributed by atoms with E-state index in [4.69, 9.17) is 37.9 Å². The van der Waals surface area contributed by atoms with E-state index in [-0.39, 0.29) is 0 Å². The molecule has 0 unspecified atom stereocenters. The zero-order valence-corrected chi connectivity index (χ0v) is 27.0. The second-order valence-corrected chi connectivity index (χ2v) is 10.4. The average Bonchev–Trinajstić information content (AvgIpc) is 3.46. The minimum atomic E-state index is 0.541. The van der Waals surface area contributed by atoms with Crippen LogP contribution in [0.25, 0.3) is 0 Å². The van der Waals surface area contributed by atoms with E-state index in [9.17, 15) is 0 Å². The van der Waals surface area contributed by atoms with Crippen molar-refractivity contribution >= 4 is 0 Å². The van der Waals surface area contributed by atoms with Gasteiger partial charge in [0.15, 0.2) is 0 Å². The summed E-state index contributed by atoms with van der Waals surface area (Å²) in [6.07, 6.45) is 18.0. The highest BCUT2D eigenvalue weighted by molar-refractivity contribution is 4.96. The summed E-state index contributed by atoms with van der Waals surface area (Å²) in [7, 11) is 1.65. The molecule has 42 heavy (non-hydrogen) atoms. The van der Waals surface area contributed by atoms with E-state index in [1.807, 2.05) is 0 Å². The van der Waals surface area contributed by atoms with E-state index >= 15 is 0 Å². The topological polar surface area (TPSA) is 80.3 Å². The van der Waals surface area contributed by atoms with E-state index < -0.39 is 0 Å². The lowest BCUT2D eigenvalue weighted by molar-refractivity contribution is -0.0223. The Bertz CT molecular complexity index is 559. The van der Waals surface area contributed by atoms with Crippen LogP contribution < -0.4 is 0 Å². The van der Waals surface area contributed by atoms with Crippen molar-refractivity contribution in [3.05, 3.63) is 19.1 Å². The molecular formula is C32H63N2O8. The van der Waals surface area contributed by atoms with Crippen molar-refractivity contribution in [2.24, 2.45) is 0 Å². The number of unbranched alkanes of at least 4 members (excludes halogenated alkanes) is 9. The molecule has 1 aliphatic rings. The van der Waals surface area contributed by atoms with Crippen LogP contribution in [0.15, 0.2) is 12.4 Å². The van der Waals surface area contributed by atoms with E-state index in [1.54, 1.807) is 7.11 Å². The highest BCUT2D eigenvalue weighted by Crippen LogP contribution is 2.14. The van der Waals surface area contributed by atoms with Crippen LogP contribution in [0.4, 0.5) is 0 Å². The fourth-order valence-corrected chi connectivity index (χ4v) is 4.22. The Morgan fingerprint density at radius 1 is 0.381 bits per heavy atom. The summed E-state index contributed by atoms with van der Waals surface area (Å²) < 4.78 is 43.4. The smallest absolute Gasteiger partial charge is 0.141 e. The van der Waals surface area contributed by atoms with Gasteiger partial charge >= 0.3 is 0 Å². The van der Waals surface area contributed by atoms with Gasteiger partial charge in [-0.15, -0.1) is 0 Å². The van der Waals surface area contributed by atoms with Crippen LogP contribution in [0.3, 0.4) is 0 Å². The van der Waals surface area contributed by atoms with E-state index in [0.29, 0.717) is 99.1 Å². The van der Waals surface area contributed by atoms with Crippen molar-refractivity contribution in [2.75, 3.05) is 119 Å². The Morgan fingerprint density at radius 3 is 1.12 bits per heavy atom. The Hall–Kier alpha value is -0.980. The Labute approximate surface area is 257 Å². The third kappa shape index (κ3) is 27.8. The Morgan fingerprint density at radius 2 is 0.714 bits per heavy atom. The molecule has 0 fully saturated rings. The van der Waals surface area contributed by atoms with Crippen LogP contribution in [-0.2, 0) is 37.9 Å². The maximum absolute atomic E-state index is 5.71. The predicted molar refractivity (Wildman–Crippen MR) is 166 cm³/mol. The molecule has 10 nitrogen and oxygen atoms in total. The lowest BCUT2D eigenvalue weighted by Crippen LogP contribution is -2.24. The molecule has 0 N–H and O–H groups in total. The summed E-state index contributed by atoms with van der Waals surface area (Å²) in [5.41, 5.74) is 0. The van der Waals surface area contributed by atoms with Crippen molar-refractivity contribution in [2.45, 2.75) is 71.1 Å². The first-order valence-electron chi connectivity index (χ1n) is 16.4. The maximum Gasteiger partial charge on any atom is 0.141 e. The maximum atomic E-state index is 5.71. The Kier molecular flexibility index (Phi) is 30.6. The molecule has 0 aromatic heterocycles. The van der Waals surface area contributed by atoms with Crippen LogP contribution in [0.2, 0.25) is 0 Å². The fraction of sp³-hybridized carbons (Fsp3) is 0.906. The number of methoxy groups -OCH3 is 1. The highest BCUT2D eigenvalue weighted by atomic mass is 16.6.